The van der Waals surface area contributed by atoms with Crippen LogP contribution in [-0.4, -0.2) is 19.9 Å². The van der Waals surface area contributed by atoms with Gasteiger partial charge in [-0.1, -0.05) is 84.9 Å². The van der Waals surface area contributed by atoms with Crippen LogP contribution in [-0.2, 0) is 24.7 Å². The van der Waals surface area contributed by atoms with Crippen LogP contribution in [0.5, 0.6) is 0 Å². The van der Waals surface area contributed by atoms with Crippen LogP contribution in [0.15, 0.2) is 216 Å². The lowest BCUT2D eigenvalue weighted by Crippen LogP contribution is -2.11. The van der Waals surface area contributed by atoms with E-state index in [0.717, 1.165) is 22.3 Å². The number of nitrogens with zero attached hydrogens (tertiary/aromatic N) is 4. The molecule has 414 valence electrons. The van der Waals surface area contributed by atoms with Crippen LogP contribution in [0.3, 0.4) is 0 Å². The fourth-order valence-electron chi connectivity index (χ4n) is 10.6. The van der Waals surface area contributed by atoms with Crippen molar-refractivity contribution in [3.05, 3.63) is 229 Å². The fourth-order valence-corrected chi connectivity index (χ4v) is 10.6. The van der Waals surface area contributed by atoms with Gasteiger partial charge in [0, 0.05) is 57.8 Å². The van der Waals surface area contributed by atoms with Gasteiger partial charge in [0.2, 0.25) is 0 Å². The number of hydrogen-bond acceptors (Lipinski definition) is 6. The highest BCUT2D eigenvalue weighted by atomic mass is 19.4. The minimum atomic E-state index is -5.02. The van der Waals surface area contributed by atoms with Crippen LogP contribution in [0.25, 0.3) is 133 Å². The zero-order valence-corrected chi connectivity index (χ0v) is 42.8. The Morgan fingerprint density at radius 1 is 0.262 bits per heavy atom. The van der Waals surface area contributed by atoms with Crippen LogP contribution in [0.4, 0.5) is 52.7 Å². The van der Waals surface area contributed by atoms with Crippen molar-refractivity contribution < 1.29 is 61.5 Å². The van der Waals surface area contributed by atoms with E-state index in [-0.39, 0.29) is 34.4 Å². The van der Waals surface area contributed by atoms with E-state index < -0.39 is 47.0 Å². The molecule has 0 saturated heterocycles. The van der Waals surface area contributed by atoms with Crippen LogP contribution < -0.4 is 0 Å². The highest BCUT2D eigenvalue weighted by Gasteiger charge is 2.39. The van der Waals surface area contributed by atoms with Crippen molar-refractivity contribution in [2.45, 2.75) is 24.7 Å². The minimum Gasteiger partial charge on any atom is -0.454 e. The van der Waals surface area contributed by atoms with Gasteiger partial charge in [0.1, 0.15) is 22.2 Å². The molecule has 7 aromatic carbocycles. The summed E-state index contributed by atoms with van der Waals surface area (Å²) in [5, 5.41) is 1.37. The first-order valence-electron chi connectivity index (χ1n) is 25.6. The van der Waals surface area contributed by atoms with Crippen LogP contribution >= 0.6 is 0 Å². The third-order valence-electron chi connectivity index (χ3n) is 14.6. The van der Waals surface area contributed by atoms with Crippen molar-refractivity contribution in [2.75, 3.05) is 0 Å². The van der Waals surface area contributed by atoms with Crippen molar-refractivity contribution in [1.29, 1.82) is 0 Å². The summed E-state index contributed by atoms with van der Waals surface area (Å²) in [6, 6.07) is 45.4. The Labute approximate surface area is 467 Å². The summed E-state index contributed by atoms with van der Waals surface area (Å²) < 4.78 is 179. The van der Waals surface area contributed by atoms with Gasteiger partial charge in [-0.05, 0) is 153 Å². The minimum absolute atomic E-state index is 0.0928. The molecule has 0 unspecified atom stereocenters. The standard InChI is InChI=1S/C66H34F12N4O2/c67-63(68,69)43-25-41(26-44(33-43)64(70,71)72)37-17-21-79-55(31-37)51-7-3-1-5-47(51)39-13-15-57-53(29-39)59-61(83-57)49(19-23-81-59)35-9-11-36(12-10-35)50-20-24-82-60-54-30-40(14-16-58(54)84-62(50)60)48-6-2-4-8-52(48)56-32-38(18-22-80-56)42-27-45(65(73,74)75)34-46(28-42)66(76,77)78/h1-34H. The number of halogens is 12. The summed E-state index contributed by atoms with van der Waals surface area (Å²) >= 11 is 0. The van der Waals surface area contributed by atoms with Crippen molar-refractivity contribution in [2.24, 2.45) is 0 Å². The quantitative estimate of drug-likeness (QED) is 0.141. The van der Waals surface area contributed by atoms with Crippen molar-refractivity contribution in [3.8, 4) is 89.3 Å². The Morgan fingerprint density at radius 2 is 0.595 bits per heavy atom. The lowest BCUT2D eigenvalue weighted by atomic mass is 9.94. The molecule has 0 bridgehead atoms. The van der Waals surface area contributed by atoms with Gasteiger partial charge in [0.15, 0.2) is 11.2 Å². The maximum absolute atomic E-state index is 13.8. The molecular formula is C66H34F12N4O2. The Bertz CT molecular complexity index is 4390. The molecule has 6 aromatic heterocycles. The van der Waals surface area contributed by atoms with Crippen molar-refractivity contribution in [3.63, 3.8) is 0 Å². The Morgan fingerprint density at radius 3 is 0.952 bits per heavy atom. The predicted molar refractivity (Wildman–Crippen MR) is 296 cm³/mol. The normalized spacial score (nSPS) is 12.5. The summed E-state index contributed by atoms with van der Waals surface area (Å²) in [5.74, 6) is 0. The molecular weight excluding hydrogens is 1110 g/mol. The maximum Gasteiger partial charge on any atom is 0.416 e. The molecule has 0 amide bonds. The van der Waals surface area contributed by atoms with Gasteiger partial charge in [-0.2, -0.15) is 52.7 Å². The second-order valence-corrected chi connectivity index (χ2v) is 19.8. The number of rotatable bonds is 8. The number of hydrogen-bond donors (Lipinski definition) is 0. The molecule has 13 rings (SSSR count). The lowest BCUT2D eigenvalue weighted by Gasteiger charge is -2.15. The van der Waals surface area contributed by atoms with E-state index in [1.54, 1.807) is 60.9 Å². The largest absolute Gasteiger partial charge is 0.454 e. The monoisotopic (exact) mass is 1140 g/mol. The highest BCUT2D eigenvalue weighted by molar-refractivity contribution is 6.10. The number of alkyl halides is 12. The molecule has 0 aliphatic carbocycles. The fraction of sp³-hybridized carbons (Fsp3) is 0.0606. The number of pyridine rings is 4. The number of furan rings is 2. The van der Waals surface area contributed by atoms with Gasteiger partial charge in [0.25, 0.3) is 0 Å². The molecule has 18 heteroatoms. The van der Waals surface area contributed by atoms with E-state index in [1.165, 1.54) is 36.7 Å². The van der Waals surface area contributed by atoms with Crippen LogP contribution in [0.1, 0.15) is 22.3 Å². The van der Waals surface area contributed by atoms with Gasteiger partial charge in [-0.3, -0.25) is 19.9 Å². The van der Waals surface area contributed by atoms with E-state index >= 15 is 0 Å². The van der Waals surface area contributed by atoms with E-state index in [2.05, 4.69) is 9.97 Å². The van der Waals surface area contributed by atoms with Gasteiger partial charge in [0.05, 0.1) is 33.6 Å². The SMILES string of the molecule is FC(F)(F)c1cc(-c2ccnc(-c3ccccc3-c3ccc4oc5c(-c6ccc(-c7ccnc8c7oc7ccc(-c9ccccc9-c9cc(-c%10cc(C(F)(F)F)cc(C(F)(F)F)c%10)ccn9)cc78)cc6)ccnc5c4c3)c2)cc(C(F)(F)F)c1. The van der Waals surface area contributed by atoms with Crippen molar-refractivity contribution in [1.82, 2.24) is 19.9 Å². The van der Waals surface area contributed by atoms with Crippen molar-refractivity contribution >= 4 is 44.1 Å². The molecule has 0 saturated carbocycles. The molecule has 84 heavy (non-hydrogen) atoms. The lowest BCUT2D eigenvalue weighted by molar-refractivity contribution is -0.144. The van der Waals surface area contributed by atoms with Gasteiger partial charge >= 0.3 is 24.7 Å². The molecule has 13 aromatic rings. The van der Waals surface area contributed by atoms with E-state index in [0.29, 0.717) is 113 Å². The topological polar surface area (TPSA) is 77.8 Å². The van der Waals surface area contributed by atoms with Crippen LogP contribution in [0.2, 0.25) is 0 Å². The average Bonchev–Trinajstić information content (AvgIpc) is 2.14. The Hall–Kier alpha value is -10.1. The molecule has 0 radical (unpaired) electrons. The maximum atomic E-state index is 13.8. The van der Waals surface area contributed by atoms with Gasteiger partial charge in [-0.25, -0.2) is 0 Å². The van der Waals surface area contributed by atoms with Crippen LogP contribution in [0, 0.1) is 0 Å². The number of aromatic nitrogens is 4. The third-order valence-corrected chi connectivity index (χ3v) is 14.6. The second kappa shape index (κ2) is 19.8. The number of benzene rings is 7. The van der Waals surface area contributed by atoms with Gasteiger partial charge in [-0.15, -0.1) is 0 Å². The summed E-state index contributed by atoms with van der Waals surface area (Å²) in [6.07, 6.45) is -14.1. The second-order valence-electron chi connectivity index (χ2n) is 19.8. The molecule has 0 aliphatic rings. The first-order valence-corrected chi connectivity index (χ1v) is 25.6. The first kappa shape index (κ1) is 53.2. The summed E-state index contributed by atoms with van der Waals surface area (Å²) in [7, 11) is 0. The molecule has 6 nitrogen and oxygen atoms in total. The van der Waals surface area contributed by atoms with E-state index in [1.807, 2.05) is 72.8 Å². The van der Waals surface area contributed by atoms with E-state index in [4.69, 9.17) is 18.8 Å². The smallest absolute Gasteiger partial charge is 0.416 e. The molecule has 0 fully saturated rings. The molecule has 6 heterocycles. The molecule has 0 aliphatic heterocycles. The Balaban J connectivity index is 0.800. The average molecular weight is 1140 g/mol. The molecule has 0 spiro atoms. The van der Waals surface area contributed by atoms with E-state index in [9.17, 15) is 52.7 Å². The zero-order chi connectivity index (χ0) is 58.5. The van der Waals surface area contributed by atoms with Gasteiger partial charge < -0.3 is 8.83 Å². The third kappa shape index (κ3) is 9.81. The summed E-state index contributed by atoms with van der Waals surface area (Å²) in [5.41, 5.74) is 4.89. The predicted octanol–water partition coefficient (Wildman–Crippen LogP) is 20.5. The number of fused-ring (bicyclic) bond motifs is 6. The molecule has 0 N–H and O–H groups in total. The summed E-state index contributed by atoms with van der Waals surface area (Å²) in [4.78, 5) is 18.4. The molecule has 0 atom stereocenters. The Kier molecular flexibility index (Phi) is 12.6. The summed E-state index contributed by atoms with van der Waals surface area (Å²) in [6.45, 7) is 0. The highest BCUT2D eigenvalue weighted by Crippen LogP contribution is 2.45. The first-order chi connectivity index (χ1) is 40.1. The zero-order valence-electron chi connectivity index (χ0n) is 42.8.